The van der Waals surface area contributed by atoms with Gasteiger partial charge in [-0.2, -0.15) is 0 Å². The van der Waals surface area contributed by atoms with Crippen LogP contribution < -0.4 is 10.6 Å². The summed E-state index contributed by atoms with van der Waals surface area (Å²) in [6.45, 7) is 0. The number of hydrogen-bond donors (Lipinski definition) is 2. The van der Waals surface area contributed by atoms with E-state index in [1.54, 1.807) is 12.3 Å². The lowest BCUT2D eigenvalue weighted by atomic mass is 9.90. The molecule has 0 spiro atoms. The van der Waals surface area contributed by atoms with Crippen molar-refractivity contribution >= 4 is 27.8 Å². The van der Waals surface area contributed by atoms with Crippen LogP contribution in [0.2, 0.25) is 0 Å². The maximum Gasteiger partial charge on any atom is 0.320 e. The summed E-state index contributed by atoms with van der Waals surface area (Å²) in [4.78, 5) is 16.4. The van der Waals surface area contributed by atoms with Crippen LogP contribution in [0.1, 0.15) is 29.0 Å². The van der Waals surface area contributed by atoms with Gasteiger partial charge in [-0.05, 0) is 70.1 Å². The Morgan fingerprint density at radius 1 is 1.33 bits per heavy atom. The van der Waals surface area contributed by atoms with E-state index in [0.29, 0.717) is 17.7 Å². The van der Waals surface area contributed by atoms with Crippen LogP contribution in [0.3, 0.4) is 0 Å². The molecular formula is C19H16BrN3O. The van der Waals surface area contributed by atoms with Crippen LogP contribution in [0, 0.1) is 18.3 Å². The summed E-state index contributed by atoms with van der Waals surface area (Å²) < 4.78 is 0.879. The molecule has 0 radical (unpaired) electrons. The average Bonchev–Trinajstić information content (AvgIpc) is 3.29. The van der Waals surface area contributed by atoms with Crippen molar-refractivity contribution in [2.45, 2.75) is 24.8 Å². The minimum Gasteiger partial charge on any atom is -0.334 e. The first kappa shape index (κ1) is 15.2. The molecule has 0 unspecified atom stereocenters. The Kier molecular flexibility index (Phi) is 3.78. The minimum absolute atomic E-state index is 0.193. The molecule has 1 aromatic carbocycles. The molecule has 2 amide bonds. The molecule has 4 rings (SSSR count). The molecule has 2 aliphatic rings. The van der Waals surface area contributed by atoms with Gasteiger partial charge in [0.05, 0.1) is 0 Å². The number of pyridine rings is 1. The maximum atomic E-state index is 12.2. The number of nitrogens with one attached hydrogen (secondary N) is 2. The number of rotatable bonds is 2. The molecule has 4 nitrogen and oxygen atoms in total. The average molecular weight is 382 g/mol. The SMILES string of the molecule is C#Cc1ccc2c(c1)CC[C@H]1[C@@H](NC(=O)Nc3ccc(Br)cn3)[C@@H]21. The van der Waals surface area contributed by atoms with Crippen molar-refractivity contribution in [1.29, 1.82) is 0 Å². The monoisotopic (exact) mass is 381 g/mol. The first-order valence-electron chi connectivity index (χ1n) is 7.94. The highest BCUT2D eigenvalue weighted by Crippen LogP contribution is 2.54. The summed E-state index contributed by atoms with van der Waals surface area (Å²) in [5.41, 5.74) is 3.58. The molecule has 3 atom stereocenters. The maximum absolute atomic E-state index is 12.2. The summed E-state index contributed by atoms with van der Waals surface area (Å²) in [7, 11) is 0. The Hall–Kier alpha value is -2.32. The second-order valence-electron chi connectivity index (χ2n) is 6.27. The third-order valence-electron chi connectivity index (χ3n) is 4.85. The summed E-state index contributed by atoms with van der Waals surface area (Å²) in [5, 5.41) is 5.87. The molecule has 0 bridgehead atoms. The van der Waals surface area contributed by atoms with Crippen molar-refractivity contribution in [2.75, 3.05) is 5.32 Å². The van der Waals surface area contributed by atoms with Gasteiger partial charge in [0.25, 0.3) is 0 Å². The normalized spacial score (nSPS) is 23.4. The fraction of sp³-hybridized carbons (Fsp3) is 0.263. The number of carbonyl (C=O) groups is 1. The Balaban J connectivity index is 1.43. The fourth-order valence-corrected chi connectivity index (χ4v) is 3.90. The van der Waals surface area contributed by atoms with E-state index in [2.05, 4.69) is 49.6 Å². The number of anilines is 1. The number of urea groups is 1. The van der Waals surface area contributed by atoms with Gasteiger partial charge in [0.1, 0.15) is 5.82 Å². The minimum atomic E-state index is -0.203. The highest BCUT2D eigenvalue weighted by atomic mass is 79.9. The van der Waals surface area contributed by atoms with E-state index in [1.807, 2.05) is 12.1 Å². The molecular weight excluding hydrogens is 366 g/mol. The zero-order chi connectivity index (χ0) is 16.7. The Bertz CT molecular complexity index is 841. The van der Waals surface area contributed by atoms with Crippen molar-refractivity contribution in [3.05, 3.63) is 57.7 Å². The van der Waals surface area contributed by atoms with E-state index in [9.17, 15) is 4.79 Å². The molecule has 2 aromatic rings. The molecule has 1 heterocycles. The van der Waals surface area contributed by atoms with Gasteiger partial charge in [-0.3, -0.25) is 5.32 Å². The Morgan fingerprint density at radius 3 is 2.96 bits per heavy atom. The number of amides is 2. The lowest BCUT2D eigenvalue weighted by Gasteiger charge is -2.14. The molecule has 0 aliphatic heterocycles. The van der Waals surface area contributed by atoms with Crippen molar-refractivity contribution in [1.82, 2.24) is 10.3 Å². The van der Waals surface area contributed by atoms with Gasteiger partial charge in [-0.15, -0.1) is 6.42 Å². The zero-order valence-electron chi connectivity index (χ0n) is 12.9. The van der Waals surface area contributed by atoms with Crippen molar-refractivity contribution in [2.24, 2.45) is 5.92 Å². The third-order valence-corrected chi connectivity index (χ3v) is 5.32. The molecule has 1 aromatic heterocycles. The fourth-order valence-electron chi connectivity index (χ4n) is 3.67. The van der Waals surface area contributed by atoms with Crippen molar-refractivity contribution in [3.8, 4) is 12.3 Å². The predicted molar refractivity (Wildman–Crippen MR) is 96.8 cm³/mol. The first-order chi connectivity index (χ1) is 11.7. The highest BCUT2D eigenvalue weighted by Gasteiger charge is 2.53. The molecule has 120 valence electrons. The molecule has 0 saturated heterocycles. The van der Waals surface area contributed by atoms with E-state index in [1.165, 1.54) is 11.1 Å². The molecule has 1 saturated carbocycles. The van der Waals surface area contributed by atoms with Gasteiger partial charge in [0.2, 0.25) is 0 Å². The lowest BCUT2D eigenvalue weighted by Crippen LogP contribution is -2.32. The number of hydrogen-bond acceptors (Lipinski definition) is 2. The quantitative estimate of drug-likeness (QED) is 0.779. The summed E-state index contributed by atoms with van der Waals surface area (Å²) in [5.74, 6) is 4.16. The van der Waals surface area contributed by atoms with Crippen LogP contribution in [0.15, 0.2) is 41.0 Å². The van der Waals surface area contributed by atoms with Gasteiger partial charge in [0, 0.05) is 28.2 Å². The second-order valence-corrected chi connectivity index (χ2v) is 7.19. The van der Waals surface area contributed by atoms with Crippen molar-refractivity contribution in [3.63, 3.8) is 0 Å². The Morgan fingerprint density at radius 2 is 2.21 bits per heavy atom. The number of fused-ring (bicyclic) bond motifs is 3. The number of nitrogens with zero attached hydrogens (tertiary/aromatic N) is 1. The second kappa shape index (κ2) is 5.95. The molecule has 2 N–H and O–H groups in total. The topological polar surface area (TPSA) is 54.0 Å². The van der Waals surface area contributed by atoms with Crippen LogP contribution in [0.5, 0.6) is 0 Å². The van der Waals surface area contributed by atoms with Crippen LogP contribution in [-0.2, 0) is 6.42 Å². The van der Waals surface area contributed by atoms with Gasteiger partial charge in [-0.25, -0.2) is 9.78 Å². The molecule has 5 heteroatoms. The first-order valence-corrected chi connectivity index (χ1v) is 8.73. The van der Waals surface area contributed by atoms with E-state index in [0.717, 1.165) is 22.9 Å². The summed E-state index contributed by atoms with van der Waals surface area (Å²) >= 11 is 3.33. The smallest absolute Gasteiger partial charge is 0.320 e. The molecule has 2 aliphatic carbocycles. The molecule has 24 heavy (non-hydrogen) atoms. The number of aryl methyl sites for hydroxylation is 1. The lowest BCUT2D eigenvalue weighted by molar-refractivity contribution is 0.251. The predicted octanol–water partition coefficient (Wildman–Crippen LogP) is 3.68. The summed E-state index contributed by atoms with van der Waals surface area (Å²) in [6, 6.07) is 9.82. The number of carbonyl (C=O) groups excluding carboxylic acids is 1. The van der Waals surface area contributed by atoms with E-state index >= 15 is 0 Å². The standard InChI is InChI=1S/C19H16BrN3O/c1-2-11-3-6-14-12(9-11)4-7-15-17(14)18(15)23-19(24)22-16-8-5-13(20)10-21-16/h1,3,5-6,8-10,15,17-18H,4,7H2,(H2,21,22,23,24)/t15-,17+,18-/m1/s1. The number of benzene rings is 1. The number of terminal acetylenes is 1. The largest absolute Gasteiger partial charge is 0.334 e. The van der Waals surface area contributed by atoms with Crippen LogP contribution in [-0.4, -0.2) is 17.1 Å². The van der Waals surface area contributed by atoms with Gasteiger partial charge in [0.15, 0.2) is 0 Å². The van der Waals surface area contributed by atoms with E-state index in [-0.39, 0.29) is 12.1 Å². The van der Waals surface area contributed by atoms with Crippen molar-refractivity contribution < 1.29 is 4.79 Å². The molecule has 1 fully saturated rings. The Labute approximate surface area is 149 Å². The summed E-state index contributed by atoms with van der Waals surface area (Å²) in [6.07, 6.45) is 9.26. The highest BCUT2D eigenvalue weighted by molar-refractivity contribution is 9.10. The zero-order valence-corrected chi connectivity index (χ0v) is 14.5. The van der Waals surface area contributed by atoms with Gasteiger partial charge in [-0.1, -0.05) is 12.0 Å². The van der Waals surface area contributed by atoms with Gasteiger partial charge < -0.3 is 5.32 Å². The van der Waals surface area contributed by atoms with E-state index < -0.39 is 0 Å². The number of halogens is 1. The number of aromatic nitrogens is 1. The van der Waals surface area contributed by atoms with Crippen LogP contribution in [0.25, 0.3) is 0 Å². The third kappa shape index (κ3) is 2.78. The van der Waals surface area contributed by atoms with Gasteiger partial charge >= 0.3 is 6.03 Å². The van der Waals surface area contributed by atoms with Crippen LogP contribution >= 0.6 is 15.9 Å². The van der Waals surface area contributed by atoms with E-state index in [4.69, 9.17) is 6.42 Å². The van der Waals surface area contributed by atoms with Crippen LogP contribution in [0.4, 0.5) is 10.6 Å².